The molecule has 0 N–H and O–H groups in total. The van der Waals surface area contributed by atoms with Crippen LogP contribution in [0.2, 0.25) is 0 Å². The van der Waals surface area contributed by atoms with Gasteiger partial charge in [0.2, 0.25) is 0 Å². The Hall–Kier alpha value is -1.28. The molecule has 1 heterocycles. The number of piperidine rings is 1. The molecule has 0 radical (unpaired) electrons. The van der Waals surface area contributed by atoms with Gasteiger partial charge >= 0.3 is 15.6 Å². The molecule has 2 bridgehead atoms. The third kappa shape index (κ3) is 2.64. The fourth-order valence-electron chi connectivity index (χ4n) is 5.40. The Balaban J connectivity index is 1.76. The monoisotopic (exact) mass is 389 g/mol. The number of benzene rings is 1. The zero-order valence-electron chi connectivity index (χ0n) is 14.6. The number of rotatable bonds is 2. The quantitative estimate of drug-likeness (QED) is 0.573. The lowest BCUT2D eigenvalue weighted by atomic mass is 9.52. The molecule has 26 heavy (non-hydrogen) atoms. The maximum Gasteiger partial charge on any atom is 0.534 e. The minimum absolute atomic E-state index is 0.0651. The van der Waals surface area contributed by atoms with Gasteiger partial charge in [-0.25, -0.2) is 0 Å². The van der Waals surface area contributed by atoms with Crippen LogP contribution in [0.4, 0.5) is 13.2 Å². The van der Waals surface area contributed by atoms with Gasteiger partial charge in [-0.2, -0.15) is 21.6 Å². The third-order valence-electron chi connectivity index (χ3n) is 6.58. The molecule has 8 heteroatoms. The lowest BCUT2D eigenvalue weighted by molar-refractivity contribution is -0.0500. The van der Waals surface area contributed by atoms with E-state index >= 15 is 0 Å². The van der Waals surface area contributed by atoms with Gasteiger partial charge in [-0.1, -0.05) is 18.9 Å². The number of likely N-dealkylation sites (tertiary alicyclic amines) is 1. The van der Waals surface area contributed by atoms with Crippen LogP contribution in [0.3, 0.4) is 0 Å². The normalized spacial score (nSPS) is 31.8. The zero-order valence-corrected chi connectivity index (χ0v) is 15.4. The Morgan fingerprint density at radius 2 is 2.00 bits per heavy atom. The average Bonchev–Trinajstić information content (AvgIpc) is 2.57. The molecule has 0 unspecified atom stereocenters. The second kappa shape index (κ2) is 5.86. The predicted octanol–water partition coefficient (Wildman–Crippen LogP) is 3.60. The molecular weight excluding hydrogens is 367 g/mol. The lowest BCUT2D eigenvalue weighted by Crippen LogP contribution is -2.59. The van der Waals surface area contributed by atoms with Crippen LogP contribution in [0.15, 0.2) is 18.2 Å². The largest absolute Gasteiger partial charge is 0.534 e. The highest BCUT2D eigenvalue weighted by atomic mass is 32.2. The highest BCUT2D eigenvalue weighted by molar-refractivity contribution is 7.88. The first-order chi connectivity index (χ1) is 12.1. The van der Waals surface area contributed by atoms with Crippen LogP contribution in [0.1, 0.15) is 43.2 Å². The molecule has 1 saturated carbocycles. The van der Waals surface area contributed by atoms with Crippen LogP contribution in [-0.2, 0) is 22.0 Å². The maximum atomic E-state index is 12.7. The van der Waals surface area contributed by atoms with Gasteiger partial charge in [0.05, 0.1) is 0 Å². The van der Waals surface area contributed by atoms with Crippen molar-refractivity contribution in [3.05, 3.63) is 29.3 Å². The first kappa shape index (κ1) is 18.1. The first-order valence-electron chi connectivity index (χ1n) is 8.98. The number of fused-ring (bicyclic) bond motifs is 1. The summed E-state index contributed by atoms with van der Waals surface area (Å²) in [5, 5.41) is 0. The summed E-state index contributed by atoms with van der Waals surface area (Å²) in [7, 11) is -3.51. The van der Waals surface area contributed by atoms with Crippen LogP contribution in [0, 0.1) is 5.92 Å². The minimum atomic E-state index is -5.65. The van der Waals surface area contributed by atoms with Crippen molar-refractivity contribution < 1.29 is 25.8 Å². The molecule has 0 aromatic heterocycles. The lowest BCUT2D eigenvalue weighted by Gasteiger charge is -2.58. The Morgan fingerprint density at radius 3 is 2.73 bits per heavy atom. The summed E-state index contributed by atoms with van der Waals surface area (Å²) in [4.78, 5) is 2.40. The maximum absolute atomic E-state index is 12.7. The summed E-state index contributed by atoms with van der Waals surface area (Å²) in [5.74, 6) is 0.231. The van der Waals surface area contributed by atoms with E-state index in [9.17, 15) is 21.6 Å². The van der Waals surface area contributed by atoms with E-state index in [1.807, 2.05) is 0 Å². The molecular formula is C18H22F3NO3S. The van der Waals surface area contributed by atoms with Gasteiger partial charge in [-0.15, -0.1) is 0 Å². The molecule has 0 spiro atoms. The Morgan fingerprint density at radius 1 is 1.23 bits per heavy atom. The van der Waals surface area contributed by atoms with Crippen LogP contribution in [0.5, 0.6) is 5.75 Å². The van der Waals surface area contributed by atoms with Crippen LogP contribution in [0.25, 0.3) is 0 Å². The van der Waals surface area contributed by atoms with Crippen molar-refractivity contribution in [1.29, 1.82) is 0 Å². The summed E-state index contributed by atoms with van der Waals surface area (Å²) in [6.45, 7) is 0.951. The van der Waals surface area contributed by atoms with Gasteiger partial charge in [-0.3, -0.25) is 0 Å². The first-order valence-corrected chi connectivity index (χ1v) is 10.4. The summed E-state index contributed by atoms with van der Waals surface area (Å²) in [6.07, 6.45) is 6.19. The van der Waals surface area contributed by atoms with Crippen molar-refractivity contribution in [1.82, 2.24) is 4.90 Å². The summed E-state index contributed by atoms with van der Waals surface area (Å²) < 4.78 is 65.1. The predicted molar refractivity (Wildman–Crippen MR) is 90.4 cm³/mol. The van der Waals surface area contributed by atoms with E-state index in [0.717, 1.165) is 49.8 Å². The van der Waals surface area contributed by atoms with E-state index < -0.39 is 15.6 Å². The molecule has 4 rings (SSSR count). The summed E-state index contributed by atoms with van der Waals surface area (Å²) in [6, 6.07) is 5.09. The highest BCUT2D eigenvalue weighted by Gasteiger charge is 2.53. The molecule has 4 nitrogen and oxygen atoms in total. The third-order valence-corrected chi connectivity index (χ3v) is 7.55. The van der Waals surface area contributed by atoms with Crippen LogP contribution in [-0.4, -0.2) is 38.5 Å². The molecule has 2 fully saturated rings. The standard InChI is InChI=1S/C18H22F3NO3S/c1-22-9-8-17-7-3-2-4-14(17)16(22)10-12-5-6-13(11-15(12)17)25-26(23,24)18(19,20)21/h5-6,11,14,16H,2-4,7-10H2,1H3/t14-,16+,17+/m0/s1. The number of likely N-dealkylation sites (N-methyl/N-ethyl adjacent to an activating group) is 1. The van der Waals surface area contributed by atoms with E-state index in [0.29, 0.717) is 12.0 Å². The van der Waals surface area contributed by atoms with E-state index in [-0.39, 0.29) is 11.2 Å². The number of alkyl halides is 3. The molecule has 1 aromatic carbocycles. The molecule has 1 aromatic rings. The molecule has 2 aliphatic carbocycles. The number of hydrogen-bond donors (Lipinski definition) is 0. The second-order valence-electron chi connectivity index (χ2n) is 7.81. The van der Waals surface area contributed by atoms with Crippen molar-refractivity contribution in [3.8, 4) is 5.75 Å². The fourth-order valence-corrected chi connectivity index (χ4v) is 5.85. The molecule has 144 valence electrons. The minimum Gasteiger partial charge on any atom is -0.376 e. The van der Waals surface area contributed by atoms with Crippen LogP contribution >= 0.6 is 0 Å². The van der Waals surface area contributed by atoms with E-state index in [4.69, 9.17) is 0 Å². The Labute approximate surface area is 151 Å². The SMILES string of the molecule is CN1CC[C@]23CCCC[C@H]2[C@H]1Cc1ccc(OS(=O)(=O)C(F)(F)F)cc13. The Bertz CT molecular complexity index is 823. The van der Waals surface area contributed by atoms with Crippen molar-refractivity contribution in [2.24, 2.45) is 5.92 Å². The summed E-state index contributed by atoms with van der Waals surface area (Å²) >= 11 is 0. The van der Waals surface area contributed by atoms with Gasteiger partial charge in [0, 0.05) is 11.5 Å². The highest BCUT2D eigenvalue weighted by Crippen LogP contribution is 2.56. The van der Waals surface area contributed by atoms with Gasteiger partial charge in [0.25, 0.3) is 0 Å². The number of halogens is 3. The zero-order chi connectivity index (χ0) is 18.7. The van der Waals surface area contributed by atoms with Gasteiger partial charge in [0.15, 0.2) is 0 Å². The smallest absolute Gasteiger partial charge is 0.376 e. The van der Waals surface area contributed by atoms with Crippen molar-refractivity contribution in [2.75, 3.05) is 13.6 Å². The van der Waals surface area contributed by atoms with Gasteiger partial charge in [-0.05, 0) is 68.5 Å². The van der Waals surface area contributed by atoms with Crippen LogP contribution < -0.4 is 4.18 Å². The fraction of sp³-hybridized carbons (Fsp3) is 0.667. The molecule has 1 aliphatic heterocycles. The molecule has 0 amide bonds. The molecule has 3 atom stereocenters. The average molecular weight is 389 g/mol. The second-order valence-corrected chi connectivity index (χ2v) is 9.35. The molecule has 3 aliphatic rings. The number of nitrogens with zero attached hydrogens (tertiary/aromatic N) is 1. The van der Waals surface area contributed by atoms with E-state index in [1.165, 1.54) is 12.5 Å². The number of hydrogen-bond acceptors (Lipinski definition) is 4. The van der Waals surface area contributed by atoms with Crippen molar-refractivity contribution in [2.45, 2.75) is 55.5 Å². The van der Waals surface area contributed by atoms with Gasteiger partial charge in [0.1, 0.15) is 5.75 Å². The van der Waals surface area contributed by atoms with E-state index in [1.54, 1.807) is 12.1 Å². The van der Waals surface area contributed by atoms with E-state index in [2.05, 4.69) is 16.1 Å². The van der Waals surface area contributed by atoms with Crippen molar-refractivity contribution in [3.63, 3.8) is 0 Å². The van der Waals surface area contributed by atoms with Gasteiger partial charge < -0.3 is 9.08 Å². The van der Waals surface area contributed by atoms with Crippen molar-refractivity contribution >= 4 is 10.1 Å². The molecule has 1 saturated heterocycles. The Kier molecular flexibility index (Phi) is 4.08. The topological polar surface area (TPSA) is 46.6 Å². The summed E-state index contributed by atoms with van der Waals surface area (Å²) in [5.41, 5.74) is -3.38.